The van der Waals surface area contributed by atoms with E-state index in [1.807, 2.05) is 37.3 Å². The molecule has 0 saturated carbocycles. The van der Waals surface area contributed by atoms with Crippen LogP contribution in [0.15, 0.2) is 36.4 Å². The van der Waals surface area contributed by atoms with Gasteiger partial charge in [-0.25, -0.2) is 4.98 Å². The number of nitrogens with two attached hydrogens (primary N) is 1. The van der Waals surface area contributed by atoms with E-state index < -0.39 is 0 Å². The summed E-state index contributed by atoms with van der Waals surface area (Å²) in [5, 5.41) is 5.73. The zero-order chi connectivity index (χ0) is 14.5. The fraction of sp³-hybridized carbons (Fsp3) is 0.200. The molecule has 1 heterocycles. The van der Waals surface area contributed by atoms with Crippen LogP contribution >= 0.6 is 0 Å². The summed E-state index contributed by atoms with van der Waals surface area (Å²) in [5.41, 5.74) is 8.68. The number of nitrogens with one attached hydrogen (secondary N) is 2. The lowest BCUT2D eigenvalue weighted by Crippen LogP contribution is -2.20. The number of hydrogen-bond acceptors (Lipinski definition) is 4. The van der Waals surface area contributed by atoms with E-state index in [9.17, 15) is 4.79 Å². The summed E-state index contributed by atoms with van der Waals surface area (Å²) in [7, 11) is 1.60. The predicted octanol–water partition coefficient (Wildman–Crippen LogP) is 2.12. The lowest BCUT2D eigenvalue weighted by Gasteiger charge is -2.11. The van der Waals surface area contributed by atoms with Crippen molar-refractivity contribution in [2.75, 3.05) is 24.6 Å². The molecule has 1 aromatic heterocycles. The Labute approximate surface area is 118 Å². The molecule has 4 N–H and O–H groups in total. The van der Waals surface area contributed by atoms with Gasteiger partial charge in [-0.1, -0.05) is 12.1 Å². The summed E-state index contributed by atoms with van der Waals surface area (Å²) in [6.07, 6.45) is 0. The Morgan fingerprint density at radius 1 is 1.20 bits per heavy atom. The van der Waals surface area contributed by atoms with Gasteiger partial charge < -0.3 is 16.4 Å². The first kappa shape index (κ1) is 13.9. The van der Waals surface area contributed by atoms with E-state index in [1.165, 1.54) is 0 Å². The molecule has 0 aliphatic heterocycles. The van der Waals surface area contributed by atoms with Gasteiger partial charge in [-0.15, -0.1) is 0 Å². The van der Waals surface area contributed by atoms with E-state index in [0.717, 1.165) is 11.3 Å². The zero-order valence-corrected chi connectivity index (χ0v) is 11.6. The van der Waals surface area contributed by atoms with Crippen LogP contribution < -0.4 is 16.4 Å². The van der Waals surface area contributed by atoms with Crippen molar-refractivity contribution in [3.63, 3.8) is 0 Å². The van der Waals surface area contributed by atoms with Gasteiger partial charge >= 0.3 is 0 Å². The average molecular weight is 270 g/mol. The van der Waals surface area contributed by atoms with E-state index >= 15 is 0 Å². The van der Waals surface area contributed by atoms with Gasteiger partial charge in [0.2, 0.25) is 0 Å². The highest BCUT2D eigenvalue weighted by molar-refractivity contribution is 5.99. The molecule has 0 spiro atoms. The summed E-state index contributed by atoms with van der Waals surface area (Å²) >= 11 is 0. The number of nitrogen functional groups attached to an aromatic ring is 1. The number of benzene rings is 1. The minimum Gasteiger partial charge on any atom is -0.399 e. The van der Waals surface area contributed by atoms with Gasteiger partial charge in [0, 0.05) is 24.8 Å². The van der Waals surface area contributed by atoms with Crippen molar-refractivity contribution in [2.45, 2.75) is 6.92 Å². The first-order valence-electron chi connectivity index (χ1n) is 6.48. The summed E-state index contributed by atoms with van der Waals surface area (Å²) in [6.45, 7) is 2.66. The number of aromatic nitrogens is 1. The molecule has 1 amide bonds. The molecule has 0 atom stereocenters. The number of rotatable bonds is 4. The van der Waals surface area contributed by atoms with Crippen LogP contribution in [-0.4, -0.2) is 24.5 Å². The van der Waals surface area contributed by atoms with Crippen LogP contribution in [-0.2, 0) is 0 Å². The first-order chi connectivity index (χ1) is 9.65. The van der Waals surface area contributed by atoms with Gasteiger partial charge in [-0.2, -0.15) is 0 Å². The predicted molar refractivity (Wildman–Crippen MR) is 81.6 cm³/mol. The fourth-order valence-electron chi connectivity index (χ4n) is 1.89. The summed E-state index contributed by atoms with van der Waals surface area (Å²) in [4.78, 5) is 16.3. The number of carbonyl (C=O) groups excluding carboxylic acids is 1. The highest BCUT2D eigenvalue weighted by Gasteiger charge is 2.12. The Bertz CT molecular complexity index is 608. The first-order valence-corrected chi connectivity index (χ1v) is 6.48. The Hall–Kier alpha value is -2.56. The molecule has 5 nitrogen and oxygen atoms in total. The third-order valence-corrected chi connectivity index (χ3v) is 2.92. The van der Waals surface area contributed by atoms with E-state index in [1.54, 1.807) is 13.1 Å². The molecule has 0 aliphatic rings. The summed E-state index contributed by atoms with van der Waals surface area (Å²) < 4.78 is 0. The van der Waals surface area contributed by atoms with E-state index in [-0.39, 0.29) is 5.91 Å². The molecule has 5 heteroatoms. The highest BCUT2D eigenvalue weighted by atomic mass is 16.1. The third-order valence-electron chi connectivity index (χ3n) is 2.92. The minimum absolute atomic E-state index is 0.155. The summed E-state index contributed by atoms with van der Waals surface area (Å²) in [6, 6.07) is 11.1. The molecule has 1 aromatic carbocycles. The van der Waals surface area contributed by atoms with Crippen LogP contribution in [0.25, 0.3) is 11.3 Å². The molecule has 20 heavy (non-hydrogen) atoms. The molecule has 0 saturated heterocycles. The van der Waals surface area contributed by atoms with Gasteiger partial charge in [0.15, 0.2) is 0 Å². The van der Waals surface area contributed by atoms with Gasteiger partial charge in [0.05, 0.1) is 11.3 Å². The van der Waals surface area contributed by atoms with Gasteiger partial charge in [-0.3, -0.25) is 4.79 Å². The number of hydrogen-bond donors (Lipinski definition) is 3. The average Bonchev–Trinajstić information content (AvgIpc) is 2.47. The standard InChI is InChI=1S/C15H18N4O/c1-3-18-14-12(15(20)17-2)8-9-13(19-14)10-4-6-11(16)7-5-10/h4-9H,3,16H2,1-2H3,(H,17,20)(H,18,19). The van der Waals surface area contributed by atoms with Crippen LogP contribution in [0.1, 0.15) is 17.3 Å². The second-order valence-electron chi connectivity index (χ2n) is 4.32. The monoisotopic (exact) mass is 270 g/mol. The Morgan fingerprint density at radius 3 is 2.50 bits per heavy atom. The fourth-order valence-corrected chi connectivity index (χ4v) is 1.89. The normalized spacial score (nSPS) is 10.1. The lowest BCUT2D eigenvalue weighted by molar-refractivity contribution is 0.0963. The number of anilines is 2. The molecule has 0 aliphatic carbocycles. The molecule has 0 fully saturated rings. The van der Waals surface area contributed by atoms with E-state index in [0.29, 0.717) is 23.6 Å². The molecule has 0 radical (unpaired) electrons. The largest absolute Gasteiger partial charge is 0.399 e. The van der Waals surface area contributed by atoms with Crippen LogP contribution in [0.3, 0.4) is 0 Å². The van der Waals surface area contributed by atoms with Crippen LogP contribution in [0.2, 0.25) is 0 Å². The highest BCUT2D eigenvalue weighted by Crippen LogP contribution is 2.22. The molecule has 104 valence electrons. The van der Waals surface area contributed by atoms with Crippen molar-refractivity contribution in [1.29, 1.82) is 0 Å². The maximum Gasteiger partial charge on any atom is 0.254 e. The number of pyridine rings is 1. The SMILES string of the molecule is CCNc1nc(-c2ccc(N)cc2)ccc1C(=O)NC. The number of carbonyl (C=O) groups is 1. The minimum atomic E-state index is -0.155. The van der Waals surface area contributed by atoms with E-state index in [4.69, 9.17) is 5.73 Å². The quantitative estimate of drug-likeness (QED) is 0.743. The summed E-state index contributed by atoms with van der Waals surface area (Å²) in [5.74, 6) is 0.429. The van der Waals surface area contributed by atoms with Gasteiger partial charge in [0.25, 0.3) is 5.91 Å². The van der Waals surface area contributed by atoms with Gasteiger partial charge in [-0.05, 0) is 31.2 Å². The Kier molecular flexibility index (Phi) is 4.20. The number of nitrogens with zero attached hydrogens (tertiary/aromatic N) is 1. The second kappa shape index (κ2) is 6.06. The van der Waals surface area contributed by atoms with Crippen LogP contribution in [0.4, 0.5) is 11.5 Å². The van der Waals surface area contributed by atoms with Crippen LogP contribution in [0.5, 0.6) is 0 Å². The Morgan fingerprint density at radius 2 is 1.90 bits per heavy atom. The number of amides is 1. The maximum absolute atomic E-state index is 11.8. The van der Waals surface area contributed by atoms with Crippen LogP contribution in [0, 0.1) is 0 Å². The second-order valence-corrected chi connectivity index (χ2v) is 4.32. The van der Waals surface area contributed by atoms with Gasteiger partial charge in [0.1, 0.15) is 5.82 Å². The third kappa shape index (κ3) is 2.88. The smallest absolute Gasteiger partial charge is 0.254 e. The van der Waals surface area contributed by atoms with Crippen molar-refractivity contribution in [2.24, 2.45) is 0 Å². The maximum atomic E-state index is 11.8. The molecule has 2 aromatic rings. The molecule has 0 bridgehead atoms. The van der Waals surface area contributed by atoms with Crippen molar-refractivity contribution < 1.29 is 4.79 Å². The van der Waals surface area contributed by atoms with Crippen molar-refractivity contribution in [1.82, 2.24) is 10.3 Å². The zero-order valence-electron chi connectivity index (χ0n) is 11.6. The topological polar surface area (TPSA) is 80.0 Å². The molecular formula is C15H18N4O. The lowest BCUT2D eigenvalue weighted by atomic mass is 10.1. The Balaban J connectivity index is 2.43. The molecular weight excluding hydrogens is 252 g/mol. The van der Waals surface area contributed by atoms with E-state index in [2.05, 4.69) is 15.6 Å². The van der Waals surface area contributed by atoms with Crippen molar-refractivity contribution >= 4 is 17.4 Å². The van der Waals surface area contributed by atoms with Crippen molar-refractivity contribution in [3.05, 3.63) is 42.0 Å². The molecule has 0 unspecified atom stereocenters. The molecule has 2 rings (SSSR count). The van der Waals surface area contributed by atoms with Crippen molar-refractivity contribution in [3.8, 4) is 11.3 Å².